The van der Waals surface area contributed by atoms with Crippen LogP contribution in [-0.4, -0.2) is 17.6 Å². The standard InChI is InChI=1S/C16H12ClF3N2O2S/c17-12-6-5-9(7-11(12)16(18,19)20)25-8-14(23)22-13-4-2-1-3-10(13)15(21)24/h1-7H,8H2,(H2,21,24)(H,22,23). The molecule has 2 aromatic rings. The number of rotatable bonds is 5. The first-order valence-electron chi connectivity index (χ1n) is 6.86. The van der Waals surface area contributed by atoms with E-state index >= 15 is 0 Å². The van der Waals surface area contributed by atoms with Gasteiger partial charge in [0.15, 0.2) is 0 Å². The molecule has 0 atom stereocenters. The molecule has 0 spiro atoms. The van der Waals surface area contributed by atoms with Crippen LogP contribution in [0.25, 0.3) is 0 Å². The van der Waals surface area contributed by atoms with E-state index in [2.05, 4.69) is 5.32 Å². The van der Waals surface area contributed by atoms with Gasteiger partial charge in [-0.25, -0.2) is 0 Å². The van der Waals surface area contributed by atoms with Gasteiger partial charge in [0.1, 0.15) is 0 Å². The summed E-state index contributed by atoms with van der Waals surface area (Å²) < 4.78 is 38.5. The van der Waals surface area contributed by atoms with Gasteiger partial charge < -0.3 is 11.1 Å². The van der Waals surface area contributed by atoms with Gasteiger partial charge in [-0.3, -0.25) is 9.59 Å². The van der Waals surface area contributed by atoms with Crippen molar-refractivity contribution in [3.63, 3.8) is 0 Å². The van der Waals surface area contributed by atoms with E-state index in [1.807, 2.05) is 0 Å². The van der Waals surface area contributed by atoms with Crippen molar-refractivity contribution >= 4 is 40.9 Å². The number of nitrogens with one attached hydrogen (secondary N) is 1. The van der Waals surface area contributed by atoms with Crippen molar-refractivity contribution in [1.29, 1.82) is 0 Å². The van der Waals surface area contributed by atoms with E-state index in [1.165, 1.54) is 18.2 Å². The van der Waals surface area contributed by atoms with Gasteiger partial charge in [-0.15, -0.1) is 11.8 Å². The van der Waals surface area contributed by atoms with E-state index in [1.54, 1.807) is 12.1 Å². The zero-order valence-electron chi connectivity index (χ0n) is 12.6. The largest absolute Gasteiger partial charge is 0.417 e. The maximum absolute atomic E-state index is 12.8. The fraction of sp³-hybridized carbons (Fsp3) is 0.125. The van der Waals surface area contributed by atoms with Crippen LogP contribution < -0.4 is 11.1 Å². The molecule has 0 radical (unpaired) electrons. The monoisotopic (exact) mass is 388 g/mol. The van der Waals surface area contributed by atoms with E-state index in [0.29, 0.717) is 0 Å². The van der Waals surface area contributed by atoms with Crippen LogP contribution in [0.3, 0.4) is 0 Å². The lowest BCUT2D eigenvalue weighted by atomic mass is 10.1. The lowest BCUT2D eigenvalue weighted by Gasteiger charge is -2.11. The molecule has 0 aliphatic rings. The quantitative estimate of drug-likeness (QED) is 0.754. The van der Waals surface area contributed by atoms with Gasteiger partial charge in [0.2, 0.25) is 5.91 Å². The molecule has 2 aromatic carbocycles. The molecule has 0 fully saturated rings. The van der Waals surface area contributed by atoms with Gasteiger partial charge in [0.25, 0.3) is 5.91 Å². The molecule has 25 heavy (non-hydrogen) atoms. The molecule has 0 unspecified atom stereocenters. The molecule has 9 heteroatoms. The number of carbonyl (C=O) groups excluding carboxylic acids is 2. The van der Waals surface area contributed by atoms with Crippen LogP contribution in [0, 0.1) is 0 Å². The summed E-state index contributed by atoms with van der Waals surface area (Å²) in [5, 5.41) is 2.10. The summed E-state index contributed by atoms with van der Waals surface area (Å²) in [7, 11) is 0. The van der Waals surface area contributed by atoms with Crippen molar-refractivity contribution in [2.24, 2.45) is 5.73 Å². The van der Waals surface area contributed by atoms with E-state index < -0.39 is 28.6 Å². The van der Waals surface area contributed by atoms with Gasteiger partial charge in [0.05, 0.1) is 27.6 Å². The number of hydrogen-bond acceptors (Lipinski definition) is 3. The lowest BCUT2D eigenvalue weighted by molar-refractivity contribution is -0.137. The van der Waals surface area contributed by atoms with Crippen molar-refractivity contribution in [1.82, 2.24) is 0 Å². The summed E-state index contributed by atoms with van der Waals surface area (Å²) in [5.41, 5.74) is 4.64. The van der Waals surface area contributed by atoms with E-state index in [9.17, 15) is 22.8 Å². The zero-order valence-corrected chi connectivity index (χ0v) is 14.1. The average Bonchev–Trinajstić information content (AvgIpc) is 2.53. The second kappa shape index (κ2) is 7.79. The van der Waals surface area contributed by atoms with Crippen molar-refractivity contribution in [2.45, 2.75) is 11.1 Å². The number of para-hydroxylation sites is 1. The second-order valence-electron chi connectivity index (χ2n) is 4.89. The molecule has 2 rings (SSSR count). The highest BCUT2D eigenvalue weighted by molar-refractivity contribution is 8.00. The van der Waals surface area contributed by atoms with Crippen LogP contribution in [0.5, 0.6) is 0 Å². The van der Waals surface area contributed by atoms with Gasteiger partial charge >= 0.3 is 6.18 Å². The summed E-state index contributed by atoms with van der Waals surface area (Å²) in [6, 6.07) is 9.59. The minimum absolute atomic E-state index is 0.145. The third-order valence-electron chi connectivity index (χ3n) is 3.08. The van der Waals surface area contributed by atoms with Crippen LogP contribution in [-0.2, 0) is 11.0 Å². The molecular formula is C16H12ClF3N2O2S. The number of hydrogen-bond donors (Lipinski definition) is 2. The Bertz CT molecular complexity index is 812. The average molecular weight is 389 g/mol. The van der Waals surface area contributed by atoms with Crippen LogP contribution in [0.2, 0.25) is 5.02 Å². The fourth-order valence-electron chi connectivity index (χ4n) is 1.95. The smallest absolute Gasteiger partial charge is 0.366 e. The first kappa shape index (κ1) is 19.1. The summed E-state index contributed by atoms with van der Waals surface area (Å²) in [6.07, 6.45) is -4.57. The number of anilines is 1. The Morgan fingerprint density at radius 3 is 2.48 bits per heavy atom. The molecule has 0 bridgehead atoms. The Hall–Kier alpha value is -2.19. The molecule has 4 nitrogen and oxygen atoms in total. The normalized spacial score (nSPS) is 11.2. The number of halogens is 4. The predicted molar refractivity (Wildman–Crippen MR) is 90.8 cm³/mol. The van der Waals surface area contributed by atoms with Crippen molar-refractivity contribution < 1.29 is 22.8 Å². The van der Waals surface area contributed by atoms with Crippen molar-refractivity contribution in [2.75, 3.05) is 11.1 Å². The minimum Gasteiger partial charge on any atom is -0.366 e. The summed E-state index contributed by atoms with van der Waals surface area (Å²) in [6.45, 7) is 0. The topological polar surface area (TPSA) is 72.2 Å². The highest BCUT2D eigenvalue weighted by Gasteiger charge is 2.33. The van der Waals surface area contributed by atoms with Crippen molar-refractivity contribution in [3.05, 3.63) is 58.6 Å². The second-order valence-corrected chi connectivity index (χ2v) is 6.34. The highest BCUT2D eigenvalue weighted by atomic mass is 35.5. The lowest BCUT2D eigenvalue weighted by Crippen LogP contribution is -2.19. The molecule has 3 N–H and O–H groups in total. The van der Waals surface area contributed by atoms with E-state index in [4.69, 9.17) is 17.3 Å². The Balaban J connectivity index is 2.05. The predicted octanol–water partition coefficient (Wildman–Crippen LogP) is 4.19. The van der Waals surface area contributed by atoms with Crippen LogP contribution in [0.15, 0.2) is 47.4 Å². The zero-order chi connectivity index (χ0) is 18.6. The van der Waals surface area contributed by atoms with Gasteiger partial charge in [-0.05, 0) is 30.3 Å². The third-order valence-corrected chi connectivity index (χ3v) is 4.40. The number of nitrogens with two attached hydrogens (primary N) is 1. The van der Waals surface area contributed by atoms with E-state index in [-0.39, 0.29) is 21.9 Å². The summed E-state index contributed by atoms with van der Waals surface area (Å²) >= 11 is 6.46. The van der Waals surface area contributed by atoms with Crippen LogP contribution in [0.1, 0.15) is 15.9 Å². The van der Waals surface area contributed by atoms with Gasteiger partial charge in [0, 0.05) is 4.90 Å². The minimum atomic E-state index is -4.57. The SMILES string of the molecule is NC(=O)c1ccccc1NC(=O)CSc1ccc(Cl)c(C(F)(F)F)c1. The van der Waals surface area contributed by atoms with Crippen LogP contribution in [0.4, 0.5) is 18.9 Å². The number of amides is 2. The number of thioether (sulfide) groups is 1. The number of benzene rings is 2. The number of carbonyl (C=O) groups is 2. The van der Waals surface area contributed by atoms with Gasteiger partial charge in [-0.1, -0.05) is 23.7 Å². The Morgan fingerprint density at radius 2 is 1.84 bits per heavy atom. The molecule has 0 aliphatic heterocycles. The van der Waals surface area contributed by atoms with Crippen LogP contribution >= 0.6 is 23.4 Å². The molecule has 0 aliphatic carbocycles. The maximum Gasteiger partial charge on any atom is 0.417 e. The molecule has 2 amide bonds. The maximum atomic E-state index is 12.8. The molecule has 132 valence electrons. The molecule has 0 saturated heterocycles. The number of alkyl halides is 3. The first-order chi connectivity index (χ1) is 11.7. The Kier molecular flexibility index (Phi) is 5.97. The summed E-state index contributed by atoms with van der Waals surface area (Å²) in [5.74, 6) is -1.33. The van der Waals surface area contributed by atoms with E-state index in [0.717, 1.165) is 23.9 Å². The highest BCUT2D eigenvalue weighted by Crippen LogP contribution is 2.37. The first-order valence-corrected chi connectivity index (χ1v) is 8.23. The summed E-state index contributed by atoms with van der Waals surface area (Å²) in [4.78, 5) is 23.5. The third kappa shape index (κ3) is 5.14. The molecule has 0 aromatic heterocycles. The molecule has 0 saturated carbocycles. The Labute approximate surface area is 150 Å². The fourth-order valence-corrected chi connectivity index (χ4v) is 2.91. The Morgan fingerprint density at radius 1 is 1.16 bits per heavy atom. The van der Waals surface area contributed by atoms with Crippen molar-refractivity contribution in [3.8, 4) is 0 Å². The molecular weight excluding hydrogens is 377 g/mol. The number of primary amides is 1. The molecule has 0 heterocycles. The van der Waals surface area contributed by atoms with Gasteiger partial charge in [-0.2, -0.15) is 13.2 Å².